The Balaban J connectivity index is 2.52. The van der Waals surface area contributed by atoms with Gasteiger partial charge in [0.1, 0.15) is 5.78 Å². The molecule has 0 heterocycles. The van der Waals surface area contributed by atoms with Crippen molar-refractivity contribution in [1.29, 1.82) is 0 Å². The highest BCUT2D eigenvalue weighted by Crippen LogP contribution is 2.27. The second-order valence-electron chi connectivity index (χ2n) is 5.65. The Labute approximate surface area is 128 Å². The molecule has 1 rings (SSSR count). The Bertz CT molecular complexity index is 446. The molecule has 0 aliphatic heterocycles. The summed E-state index contributed by atoms with van der Waals surface area (Å²) in [5.74, 6) is 0.231. The molecule has 1 aromatic rings. The minimum absolute atomic E-state index is 0.133. The lowest BCUT2D eigenvalue weighted by atomic mass is 9.83. The average molecular weight is 347 g/mol. The number of ketones is 1. The Morgan fingerprint density at radius 3 is 2.63 bits per heavy atom. The van der Waals surface area contributed by atoms with Crippen LogP contribution in [0.25, 0.3) is 0 Å². The lowest BCUT2D eigenvalue weighted by Gasteiger charge is -2.23. The van der Waals surface area contributed by atoms with Gasteiger partial charge in [-0.2, -0.15) is 0 Å². The Kier molecular flexibility index (Phi) is 6.51. The normalized spacial score (nSPS) is 11.6. The maximum Gasteiger partial charge on any atom is 0.137 e. The molecule has 0 saturated carbocycles. The largest absolute Gasteiger partial charge is 0.330 e. The molecule has 0 unspecified atom stereocenters. The minimum Gasteiger partial charge on any atom is -0.330 e. The Morgan fingerprint density at radius 2 is 2.05 bits per heavy atom. The van der Waals surface area contributed by atoms with Gasteiger partial charge in [-0.05, 0) is 42.5 Å². The third-order valence-corrected chi connectivity index (χ3v) is 4.15. The molecule has 0 atom stereocenters. The fourth-order valence-electron chi connectivity index (χ4n) is 1.96. The fourth-order valence-corrected chi connectivity index (χ4v) is 2.70. The number of hydrogen-bond donors (Lipinski definition) is 1. The van der Waals surface area contributed by atoms with Crippen LogP contribution in [0.15, 0.2) is 22.7 Å². The monoisotopic (exact) mass is 345 g/mol. The van der Waals surface area contributed by atoms with E-state index in [1.165, 1.54) is 0 Å². The van der Waals surface area contributed by atoms with Gasteiger partial charge in [0.05, 0.1) is 0 Å². The quantitative estimate of drug-likeness (QED) is 0.796. The first-order chi connectivity index (χ1) is 8.84. The highest BCUT2D eigenvalue weighted by Gasteiger charge is 2.18. The highest BCUT2D eigenvalue weighted by molar-refractivity contribution is 9.10. The van der Waals surface area contributed by atoms with Crippen LogP contribution in [0.5, 0.6) is 0 Å². The number of nitrogens with two attached hydrogens (primary N) is 1. The fraction of sp³-hybridized carbons (Fsp3) is 0.533. The van der Waals surface area contributed by atoms with Gasteiger partial charge in [-0.25, -0.2) is 0 Å². The second kappa shape index (κ2) is 7.41. The van der Waals surface area contributed by atoms with Gasteiger partial charge in [-0.3, -0.25) is 4.79 Å². The molecule has 2 N–H and O–H groups in total. The van der Waals surface area contributed by atoms with E-state index in [4.69, 9.17) is 17.3 Å². The maximum absolute atomic E-state index is 12.0. The third kappa shape index (κ3) is 6.07. The van der Waals surface area contributed by atoms with Crippen LogP contribution >= 0.6 is 27.5 Å². The van der Waals surface area contributed by atoms with E-state index < -0.39 is 0 Å². The minimum atomic E-state index is 0.133. The van der Waals surface area contributed by atoms with Gasteiger partial charge in [0.15, 0.2) is 0 Å². The number of carbonyl (C=O) groups excluding carboxylic acids is 1. The van der Waals surface area contributed by atoms with E-state index in [-0.39, 0.29) is 11.2 Å². The summed E-state index contributed by atoms with van der Waals surface area (Å²) in [6.45, 7) is 4.97. The predicted octanol–water partition coefficient (Wildman–Crippen LogP) is 4.37. The van der Waals surface area contributed by atoms with Crippen LogP contribution in [0.4, 0.5) is 0 Å². The van der Waals surface area contributed by atoms with Gasteiger partial charge in [-0.15, -0.1) is 0 Å². The molecular formula is C15H21BrClNO. The Hall–Kier alpha value is -0.380. The highest BCUT2D eigenvalue weighted by atomic mass is 79.9. The van der Waals surface area contributed by atoms with Crippen molar-refractivity contribution in [2.24, 2.45) is 11.1 Å². The van der Waals surface area contributed by atoms with Crippen LogP contribution < -0.4 is 5.73 Å². The topological polar surface area (TPSA) is 43.1 Å². The van der Waals surface area contributed by atoms with Crippen LogP contribution in [0.1, 0.15) is 38.7 Å². The van der Waals surface area contributed by atoms with Gasteiger partial charge in [0.2, 0.25) is 0 Å². The van der Waals surface area contributed by atoms with Crippen molar-refractivity contribution >= 4 is 33.3 Å². The van der Waals surface area contributed by atoms with Gasteiger partial charge in [-0.1, -0.05) is 47.4 Å². The SMILES string of the molecule is CC(C)(CCN)CCC(=O)Cc1ccc(Br)cc1Cl. The number of halogens is 2. The molecule has 19 heavy (non-hydrogen) atoms. The lowest BCUT2D eigenvalue weighted by Crippen LogP contribution is -2.18. The zero-order valence-corrected chi connectivity index (χ0v) is 13.9. The third-order valence-electron chi connectivity index (χ3n) is 3.30. The first-order valence-corrected chi connectivity index (χ1v) is 7.67. The van der Waals surface area contributed by atoms with E-state index in [0.717, 1.165) is 22.9 Å². The van der Waals surface area contributed by atoms with Crippen molar-refractivity contribution in [3.8, 4) is 0 Å². The van der Waals surface area contributed by atoms with Gasteiger partial charge in [0, 0.05) is 22.3 Å². The van der Waals surface area contributed by atoms with Gasteiger partial charge < -0.3 is 5.73 Å². The van der Waals surface area contributed by atoms with Crippen molar-refractivity contribution < 1.29 is 4.79 Å². The molecule has 0 bridgehead atoms. The van der Waals surface area contributed by atoms with E-state index in [0.29, 0.717) is 24.4 Å². The van der Waals surface area contributed by atoms with E-state index >= 15 is 0 Å². The van der Waals surface area contributed by atoms with Crippen LogP contribution in [0, 0.1) is 5.41 Å². The molecule has 106 valence electrons. The van der Waals surface area contributed by atoms with Crippen LogP contribution in [0.2, 0.25) is 5.02 Å². The molecule has 0 spiro atoms. The van der Waals surface area contributed by atoms with Crippen molar-refractivity contribution in [1.82, 2.24) is 0 Å². The van der Waals surface area contributed by atoms with Crippen molar-refractivity contribution in [3.63, 3.8) is 0 Å². The maximum atomic E-state index is 12.0. The van der Waals surface area contributed by atoms with Crippen molar-refractivity contribution in [2.45, 2.75) is 39.5 Å². The number of benzene rings is 1. The first-order valence-electron chi connectivity index (χ1n) is 6.50. The molecule has 2 nitrogen and oxygen atoms in total. The summed E-state index contributed by atoms with van der Waals surface area (Å²) in [6.07, 6.45) is 2.81. The van der Waals surface area contributed by atoms with E-state index in [1.807, 2.05) is 18.2 Å². The summed E-state index contributed by atoms with van der Waals surface area (Å²) in [4.78, 5) is 12.0. The lowest BCUT2D eigenvalue weighted by molar-refractivity contribution is -0.119. The number of carbonyl (C=O) groups is 1. The van der Waals surface area contributed by atoms with E-state index in [2.05, 4.69) is 29.8 Å². The van der Waals surface area contributed by atoms with Crippen LogP contribution in [0.3, 0.4) is 0 Å². The Morgan fingerprint density at radius 1 is 1.37 bits per heavy atom. The summed E-state index contributed by atoms with van der Waals surface area (Å²) >= 11 is 9.47. The summed E-state index contributed by atoms with van der Waals surface area (Å²) < 4.78 is 0.928. The molecule has 0 aliphatic rings. The standard InChI is InChI=1S/C15H21BrClNO/c1-15(2,7-8-18)6-5-13(19)9-11-3-4-12(16)10-14(11)17/h3-4,10H,5-9,18H2,1-2H3. The van der Waals surface area contributed by atoms with Crippen molar-refractivity contribution in [2.75, 3.05) is 6.54 Å². The zero-order chi connectivity index (χ0) is 14.5. The molecule has 1 aromatic carbocycles. The summed E-state index contributed by atoms with van der Waals surface area (Å²) in [5, 5.41) is 0.643. The summed E-state index contributed by atoms with van der Waals surface area (Å²) in [7, 11) is 0. The number of rotatable bonds is 7. The molecule has 0 aromatic heterocycles. The van der Waals surface area contributed by atoms with Gasteiger partial charge >= 0.3 is 0 Å². The molecule has 0 radical (unpaired) electrons. The average Bonchev–Trinajstić information content (AvgIpc) is 2.30. The number of Topliss-reactive ketones (excluding diaryl/α,β-unsaturated/α-hetero) is 1. The summed E-state index contributed by atoms with van der Waals surface area (Å²) in [6, 6.07) is 5.63. The van der Waals surface area contributed by atoms with E-state index in [1.54, 1.807) is 0 Å². The van der Waals surface area contributed by atoms with Crippen LogP contribution in [-0.2, 0) is 11.2 Å². The number of hydrogen-bond acceptors (Lipinski definition) is 2. The molecule has 0 aliphatic carbocycles. The molecule has 0 amide bonds. The predicted molar refractivity (Wildman–Crippen MR) is 84.5 cm³/mol. The zero-order valence-electron chi connectivity index (χ0n) is 11.5. The summed E-state index contributed by atoms with van der Waals surface area (Å²) in [5.41, 5.74) is 6.60. The molecule has 0 fully saturated rings. The first kappa shape index (κ1) is 16.7. The van der Waals surface area contributed by atoms with Gasteiger partial charge in [0.25, 0.3) is 0 Å². The van der Waals surface area contributed by atoms with Crippen LogP contribution in [-0.4, -0.2) is 12.3 Å². The van der Waals surface area contributed by atoms with Crippen molar-refractivity contribution in [3.05, 3.63) is 33.3 Å². The smallest absolute Gasteiger partial charge is 0.137 e. The second-order valence-corrected chi connectivity index (χ2v) is 6.98. The van der Waals surface area contributed by atoms with E-state index in [9.17, 15) is 4.79 Å². The molecular weight excluding hydrogens is 326 g/mol. The molecule has 4 heteroatoms. The molecule has 0 saturated heterocycles.